The minimum absolute atomic E-state index is 0.217. The van der Waals surface area contributed by atoms with E-state index in [2.05, 4.69) is 5.16 Å². The Hall–Kier alpha value is -2.04. The van der Waals surface area contributed by atoms with E-state index >= 15 is 0 Å². The molecule has 1 aromatic carbocycles. The summed E-state index contributed by atoms with van der Waals surface area (Å²) in [5.74, 6) is -0.978. The molecule has 1 aliphatic rings. The van der Waals surface area contributed by atoms with Gasteiger partial charge in [-0.2, -0.15) is 0 Å². The standard InChI is InChI=1S/C11H11NO4/c1-16-6-2-3-7-8(4-6)9(11(13)14)5-10(7)12-15/h2-4,9,15H,5H2,1H3,(H,13,14)/b12-10-. The van der Waals surface area contributed by atoms with Gasteiger partial charge in [-0.1, -0.05) is 5.16 Å². The van der Waals surface area contributed by atoms with E-state index in [-0.39, 0.29) is 6.42 Å². The summed E-state index contributed by atoms with van der Waals surface area (Å²) in [7, 11) is 1.52. The van der Waals surface area contributed by atoms with Crippen LogP contribution in [0.3, 0.4) is 0 Å². The fourth-order valence-electron chi connectivity index (χ4n) is 1.95. The number of carboxylic acids is 1. The van der Waals surface area contributed by atoms with E-state index in [0.717, 1.165) is 0 Å². The molecule has 0 fully saturated rings. The molecule has 0 aliphatic heterocycles. The molecule has 2 N–H and O–H groups in total. The highest BCUT2D eigenvalue weighted by Gasteiger charge is 2.33. The molecule has 0 aromatic heterocycles. The van der Waals surface area contributed by atoms with Gasteiger partial charge in [-0.3, -0.25) is 4.79 Å². The molecule has 1 atom stereocenters. The summed E-state index contributed by atoms with van der Waals surface area (Å²) in [6.07, 6.45) is 0.217. The van der Waals surface area contributed by atoms with Crippen LogP contribution in [0.1, 0.15) is 23.5 Å². The number of hydrogen-bond acceptors (Lipinski definition) is 4. The topological polar surface area (TPSA) is 79.1 Å². The zero-order valence-electron chi connectivity index (χ0n) is 8.67. The van der Waals surface area contributed by atoms with Gasteiger partial charge in [0.2, 0.25) is 0 Å². The molecular weight excluding hydrogens is 210 g/mol. The van der Waals surface area contributed by atoms with Gasteiger partial charge < -0.3 is 15.1 Å². The van der Waals surface area contributed by atoms with Crippen molar-refractivity contribution in [1.29, 1.82) is 0 Å². The molecule has 0 amide bonds. The van der Waals surface area contributed by atoms with E-state index in [4.69, 9.17) is 15.1 Å². The molecule has 1 aliphatic carbocycles. The van der Waals surface area contributed by atoms with E-state index in [9.17, 15) is 4.79 Å². The van der Waals surface area contributed by atoms with Crippen molar-refractivity contribution in [1.82, 2.24) is 0 Å². The summed E-state index contributed by atoms with van der Waals surface area (Å²) in [5.41, 5.74) is 1.72. The number of benzene rings is 1. The molecule has 84 valence electrons. The number of hydrogen-bond donors (Lipinski definition) is 2. The molecule has 2 rings (SSSR count). The quantitative estimate of drug-likeness (QED) is 0.585. The van der Waals surface area contributed by atoms with Gasteiger partial charge in [0.25, 0.3) is 0 Å². The number of nitrogens with zero attached hydrogens (tertiary/aromatic N) is 1. The lowest BCUT2D eigenvalue weighted by Crippen LogP contribution is -2.08. The molecule has 5 nitrogen and oxygen atoms in total. The lowest BCUT2D eigenvalue weighted by molar-refractivity contribution is -0.138. The van der Waals surface area contributed by atoms with Crippen LogP contribution in [0.5, 0.6) is 5.75 Å². The number of methoxy groups -OCH3 is 1. The lowest BCUT2D eigenvalue weighted by Gasteiger charge is -2.06. The first-order chi connectivity index (χ1) is 7.67. The molecular formula is C11H11NO4. The Morgan fingerprint density at radius 1 is 1.56 bits per heavy atom. The highest BCUT2D eigenvalue weighted by Crippen LogP contribution is 2.35. The SMILES string of the molecule is COc1ccc2c(c1)C(C(=O)O)C/C2=N/O. The predicted octanol–water partition coefficient (Wildman–Crippen LogP) is 1.45. The summed E-state index contributed by atoms with van der Waals surface area (Å²) < 4.78 is 5.04. The molecule has 0 heterocycles. The molecule has 16 heavy (non-hydrogen) atoms. The fourth-order valence-corrected chi connectivity index (χ4v) is 1.95. The van der Waals surface area contributed by atoms with E-state index in [0.29, 0.717) is 22.6 Å². The Labute approximate surface area is 92.0 Å². The summed E-state index contributed by atoms with van der Waals surface area (Å²) in [5, 5.41) is 21.0. The van der Waals surface area contributed by atoms with Crippen LogP contribution in [-0.2, 0) is 4.79 Å². The Morgan fingerprint density at radius 3 is 2.88 bits per heavy atom. The van der Waals surface area contributed by atoms with Crippen LogP contribution in [0.2, 0.25) is 0 Å². The maximum Gasteiger partial charge on any atom is 0.311 e. The maximum absolute atomic E-state index is 11.0. The average molecular weight is 221 g/mol. The average Bonchev–Trinajstić information content (AvgIpc) is 2.66. The number of carboxylic acid groups (broad SMARTS) is 1. The van der Waals surface area contributed by atoms with Crippen LogP contribution >= 0.6 is 0 Å². The second-order valence-electron chi connectivity index (χ2n) is 3.59. The monoisotopic (exact) mass is 221 g/mol. The first-order valence-corrected chi connectivity index (χ1v) is 4.79. The van der Waals surface area contributed by atoms with Crippen molar-refractivity contribution in [3.8, 4) is 5.75 Å². The molecule has 0 saturated carbocycles. The number of ether oxygens (including phenoxy) is 1. The number of carbonyl (C=O) groups is 1. The summed E-state index contributed by atoms with van der Waals surface area (Å²) in [6, 6.07) is 5.10. The van der Waals surface area contributed by atoms with E-state index in [1.807, 2.05) is 0 Å². The van der Waals surface area contributed by atoms with E-state index in [1.165, 1.54) is 7.11 Å². The Morgan fingerprint density at radius 2 is 2.31 bits per heavy atom. The van der Waals surface area contributed by atoms with Crippen molar-refractivity contribution in [2.45, 2.75) is 12.3 Å². The van der Waals surface area contributed by atoms with Crippen molar-refractivity contribution in [3.05, 3.63) is 29.3 Å². The van der Waals surface area contributed by atoms with Crippen molar-refractivity contribution in [2.24, 2.45) is 5.16 Å². The molecule has 1 unspecified atom stereocenters. The number of oxime groups is 1. The Balaban J connectivity index is 2.54. The highest BCUT2D eigenvalue weighted by atomic mass is 16.5. The van der Waals surface area contributed by atoms with Crippen molar-refractivity contribution < 1.29 is 19.8 Å². The van der Waals surface area contributed by atoms with Crippen LogP contribution in [-0.4, -0.2) is 29.1 Å². The van der Waals surface area contributed by atoms with Gasteiger partial charge >= 0.3 is 5.97 Å². The Kier molecular flexibility index (Phi) is 2.52. The number of rotatable bonds is 2. The van der Waals surface area contributed by atoms with Crippen LogP contribution < -0.4 is 4.74 Å². The number of fused-ring (bicyclic) bond motifs is 1. The molecule has 0 bridgehead atoms. The van der Waals surface area contributed by atoms with Crippen molar-refractivity contribution in [2.75, 3.05) is 7.11 Å². The predicted molar refractivity (Wildman–Crippen MR) is 56.3 cm³/mol. The second-order valence-corrected chi connectivity index (χ2v) is 3.59. The van der Waals surface area contributed by atoms with Gasteiger partial charge in [-0.15, -0.1) is 0 Å². The third-order valence-corrected chi connectivity index (χ3v) is 2.76. The minimum Gasteiger partial charge on any atom is -0.497 e. The third kappa shape index (κ3) is 1.50. The second kappa shape index (κ2) is 3.84. The highest BCUT2D eigenvalue weighted by molar-refractivity contribution is 6.08. The van der Waals surface area contributed by atoms with Gasteiger partial charge in [0.1, 0.15) is 5.75 Å². The first-order valence-electron chi connectivity index (χ1n) is 4.79. The van der Waals surface area contributed by atoms with Gasteiger partial charge in [0.05, 0.1) is 18.7 Å². The lowest BCUT2D eigenvalue weighted by atomic mass is 10.0. The summed E-state index contributed by atoms with van der Waals surface area (Å²) >= 11 is 0. The van der Waals surface area contributed by atoms with E-state index < -0.39 is 11.9 Å². The molecule has 5 heteroatoms. The van der Waals surface area contributed by atoms with E-state index in [1.54, 1.807) is 18.2 Å². The van der Waals surface area contributed by atoms with Crippen LogP contribution in [0.15, 0.2) is 23.4 Å². The van der Waals surface area contributed by atoms with Gasteiger partial charge in [-0.05, 0) is 23.8 Å². The summed E-state index contributed by atoms with van der Waals surface area (Å²) in [6.45, 7) is 0. The maximum atomic E-state index is 11.0. The minimum atomic E-state index is -0.923. The van der Waals surface area contributed by atoms with Crippen LogP contribution in [0.4, 0.5) is 0 Å². The van der Waals surface area contributed by atoms with Crippen LogP contribution in [0, 0.1) is 0 Å². The molecule has 0 saturated heterocycles. The van der Waals surface area contributed by atoms with Gasteiger partial charge in [-0.25, -0.2) is 0 Å². The normalized spacial score (nSPS) is 20.8. The fraction of sp³-hybridized carbons (Fsp3) is 0.273. The zero-order valence-corrected chi connectivity index (χ0v) is 8.67. The summed E-state index contributed by atoms with van der Waals surface area (Å²) in [4.78, 5) is 11.0. The molecule has 1 aromatic rings. The van der Waals surface area contributed by atoms with Crippen LogP contribution in [0.25, 0.3) is 0 Å². The zero-order chi connectivity index (χ0) is 11.7. The molecule has 0 radical (unpaired) electrons. The van der Waals surface area contributed by atoms with Crippen molar-refractivity contribution in [3.63, 3.8) is 0 Å². The van der Waals surface area contributed by atoms with Gasteiger partial charge in [0, 0.05) is 12.0 Å². The Bertz CT molecular complexity index is 467. The third-order valence-electron chi connectivity index (χ3n) is 2.76. The smallest absolute Gasteiger partial charge is 0.311 e. The number of aliphatic carboxylic acids is 1. The molecule has 0 spiro atoms. The van der Waals surface area contributed by atoms with Gasteiger partial charge in [0.15, 0.2) is 0 Å². The largest absolute Gasteiger partial charge is 0.497 e. The first kappa shape index (κ1) is 10.5. The van der Waals surface area contributed by atoms with Crippen molar-refractivity contribution >= 4 is 11.7 Å².